The number of carbonyl (C=O) groups is 1. The maximum atomic E-state index is 10.8. The van der Waals surface area contributed by atoms with Gasteiger partial charge in [-0.05, 0) is 6.42 Å². The molecule has 7 heteroatoms. The van der Waals surface area contributed by atoms with E-state index in [1.807, 2.05) is 0 Å². The van der Waals surface area contributed by atoms with Crippen molar-refractivity contribution in [1.82, 2.24) is 0 Å². The highest BCUT2D eigenvalue weighted by molar-refractivity contribution is 6.53. The van der Waals surface area contributed by atoms with Crippen LogP contribution in [0.2, 0.25) is 0 Å². The zero-order valence-corrected chi connectivity index (χ0v) is 10.6. The molecular weight excluding hydrogens is 220 g/mol. The van der Waals surface area contributed by atoms with E-state index in [1.54, 1.807) is 0 Å². The van der Waals surface area contributed by atoms with Crippen LogP contribution in [0.1, 0.15) is 12.8 Å². The summed E-state index contributed by atoms with van der Waals surface area (Å²) in [5, 5.41) is 0. The second kappa shape index (κ2) is 7.77. The fourth-order valence-electron chi connectivity index (χ4n) is 0.943. The fourth-order valence-corrected chi connectivity index (χ4v) is 2.19. The lowest BCUT2D eigenvalue weighted by Gasteiger charge is -2.22. The smallest absolute Gasteiger partial charge is 0.469 e. The minimum Gasteiger partial charge on any atom is -0.469 e. The summed E-state index contributed by atoms with van der Waals surface area (Å²) < 4.78 is 24.9. The first-order valence-corrected chi connectivity index (χ1v) is 6.13. The monoisotopic (exact) mass is 238 g/mol. The molecule has 0 saturated carbocycles. The van der Waals surface area contributed by atoms with Crippen LogP contribution in [0, 0.1) is 0 Å². The second-order valence-electron chi connectivity index (χ2n) is 2.64. The molecule has 0 aliphatic carbocycles. The van der Waals surface area contributed by atoms with E-state index in [-0.39, 0.29) is 5.97 Å². The van der Waals surface area contributed by atoms with Crippen LogP contribution < -0.4 is 0 Å². The molecule has 0 radical (unpaired) electrons. The molecule has 0 heterocycles. The summed E-state index contributed by atoms with van der Waals surface area (Å²) >= 11 is 0. The van der Waals surface area contributed by atoms with Crippen molar-refractivity contribution in [3.8, 4) is 0 Å². The fraction of sp³-hybridized carbons (Fsp3) is 0.875. The van der Waals surface area contributed by atoms with Gasteiger partial charge in [-0.25, -0.2) is 0 Å². The summed E-state index contributed by atoms with van der Waals surface area (Å²) in [7, 11) is 2.77. The largest absolute Gasteiger partial charge is 0.678 e. The molecule has 0 atom stereocenters. The average Bonchev–Trinajstić information content (AvgIpc) is 2.30. The number of ether oxygens (including phenoxy) is 1. The third-order valence-corrected chi connectivity index (χ3v) is 3.84. The molecule has 0 aromatic carbocycles. The maximum absolute atomic E-state index is 10.8. The average molecular weight is 238 g/mol. The Morgan fingerprint density at radius 3 is 2.00 bits per heavy atom. The first-order valence-electron chi connectivity index (χ1n) is 4.50. The Labute approximate surface area is 90.9 Å². The summed E-state index contributed by atoms with van der Waals surface area (Å²) in [6.07, 6.45) is 0.843. The SMILES string of the molecule is COC(=O)CCCO[Si](OC)(OC)OC. The zero-order valence-electron chi connectivity index (χ0n) is 9.57. The van der Waals surface area contributed by atoms with Gasteiger partial charge in [-0.15, -0.1) is 0 Å². The maximum Gasteiger partial charge on any atom is 0.678 e. The molecule has 0 aliphatic heterocycles. The van der Waals surface area contributed by atoms with Crippen LogP contribution in [0.25, 0.3) is 0 Å². The molecule has 0 unspecified atom stereocenters. The number of carbonyl (C=O) groups excluding carboxylic acids is 1. The van der Waals surface area contributed by atoms with Gasteiger partial charge in [0.05, 0.1) is 7.11 Å². The molecule has 0 aromatic heterocycles. The summed E-state index contributed by atoms with van der Waals surface area (Å²) in [6, 6.07) is 0. The van der Waals surface area contributed by atoms with E-state index in [0.717, 1.165) is 0 Å². The molecule has 0 aromatic rings. The van der Waals surface area contributed by atoms with Crippen LogP contribution in [0.15, 0.2) is 0 Å². The van der Waals surface area contributed by atoms with Gasteiger partial charge in [0, 0.05) is 34.4 Å². The Hall–Kier alpha value is -0.473. The van der Waals surface area contributed by atoms with Crippen molar-refractivity contribution >= 4 is 15.0 Å². The molecule has 0 aliphatic rings. The molecular formula is C8H18O6Si. The molecule has 0 amide bonds. The van der Waals surface area contributed by atoms with Crippen LogP contribution in [-0.2, 0) is 27.2 Å². The Balaban J connectivity index is 3.76. The van der Waals surface area contributed by atoms with Crippen LogP contribution >= 0.6 is 0 Å². The summed E-state index contributed by atoms with van der Waals surface area (Å²) in [4.78, 5) is 10.8. The topological polar surface area (TPSA) is 63.2 Å². The number of esters is 1. The van der Waals surface area contributed by atoms with Crippen molar-refractivity contribution in [2.75, 3.05) is 35.0 Å². The highest BCUT2D eigenvalue weighted by atomic mass is 28.4. The van der Waals surface area contributed by atoms with E-state index in [9.17, 15) is 4.79 Å². The Bertz CT molecular complexity index is 174. The first kappa shape index (κ1) is 14.5. The highest BCUT2D eigenvalue weighted by Crippen LogP contribution is 2.08. The van der Waals surface area contributed by atoms with Crippen molar-refractivity contribution < 1.29 is 27.2 Å². The molecule has 90 valence electrons. The Morgan fingerprint density at radius 2 is 1.60 bits per heavy atom. The molecule has 0 bridgehead atoms. The van der Waals surface area contributed by atoms with Crippen molar-refractivity contribution in [3.63, 3.8) is 0 Å². The van der Waals surface area contributed by atoms with Crippen LogP contribution in [0.3, 0.4) is 0 Å². The third-order valence-electron chi connectivity index (χ3n) is 1.78. The van der Waals surface area contributed by atoms with Gasteiger partial charge < -0.3 is 22.4 Å². The van der Waals surface area contributed by atoms with Crippen molar-refractivity contribution in [2.45, 2.75) is 12.8 Å². The van der Waals surface area contributed by atoms with Crippen LogP contribution in [0.4, 0.5) is 0 Å². The highest BCUT2D eigenvalue weighted by Gasteiger charge is 2.41. The van der Waals surface area contributed by atoms with Crippen molar-refractivity contribution in [3.05, 3.63) is 0 Å². The third kappa shape index (κ3) is 5.24. The molecule has 0 spiro atoms. The Morgan fingerprint density at radius 1 is 1.07 bits per heavy atom. The van der Waals surface area contributed by atoms with Crippen LogP contribution in [-0.4, -0.2) is 50.1 Å². The van der Waals surface area contributed by atoms with Gasteiger partial charge in [-0.3, -0.25) is 4.79 Å². The molecule has 6 nitrogen and oxygen atoms in total. The van der Waals surface area contributed by atoms with E-state index >= 15 is 0 Å². The number of rotatable bonds is 8. The van der Waals surface area contributed by atoms with Gasteiger partial charge in [0.1, 0.15) is 0 Å². The van der Waals surface area contributed by atoms with Crippen molar-refractivity contribution in [1.29, 1.82) is 0 Å². The van der Waals surface area contributed by atoms with E-state index in [1.165, 1.54) is 28.4 Å². The number of hydrogen-bond donors (Lipinski definition) is 0. The lowest BCUT2D eigenvalue weighted by Crippen LogP contribution is -2.46. The molecule has 0 N–H and O–H groups in total. The molecule has 0 rings (SSSR count). The molecule has 0 fully saturated rings. The minimum atomic E-state index is -2.95. The summed E-state index contributed by atoms with van der Waals surface area (Å²) in [5.41, 5.74) is 0. The number of hydrogen-bond acceptors (Lipinski definition) is 6. The Kier molecular flexibility index (Phi) is 7.53. The molecule has 15 heavy (non-hydrogen) atoms. The predicted molar refractivity (Wildman–Crippen MR) is 54.0 cm³/mol. The van der Waals surface area contributed by atoms with E-state index in [4.69, 9.17) is 17.7 Å². The number of methoxy groups -OCH3 is 1. The standard InChI is InChI=1S/C8H18O6Si/c1-10-8(9)6-5-7-14-15(11-2,12-3)13-4/h5-7H2,1-4H3. The van der Waals surface area contributed by atoms with Gasteiger partial charge in [0.2, 0.25) is 0 Å². The van der Waals surface area contributed by atoms with Crippen LogP contribution in [0.5, 0.6) is 0 Å². The minimum absolute atomic E-state index is 0.266. The molecule has 0 saturated heterocycles. The lowest BCUT2D eigenvalue weighted by molar-refractivity contribution is -0.141. The van der Waals surface area contributed by atoms with Gasteiger partial charge in [-0.1, -0.05) is 0 Å². The van der Waals surface area contributed by atoms with Gasteiger partial charge in [0.15, 0.2) is 0 Å². The lowest BCUT2D eigenvalue weighted by atomic mass is 10.3. The second-order valence-corrected chi connectivity index (χ2v) is 5.15. The summed E-state index contributed by atoms with van der Waals surface area (Å²) in [6.45, 7) is 0.330. The van der Waals surface area contributed by atoms with E-state index in [2.05, 4.69) is 4.74 Å². The summed E-state index contributed by atoms with van der Waals surface area (Å²) in [5.74, 6) is -0.266. The quantitative estimate of drug-likeness (QED) is 0.345. The van der Waals surface area contributed by atoms with Gasteiger partial charge in [-0.2, -0.15) is 0 Å². The van der Waals surface area contributed by atoms with Gasteiger partial charge >= 0.3 is 15.0 Å². The first-order chi connectivity index (χ1) is 7.14. The van der Waals surface area contributed by atoms with E-state index < -0.39 is 9.05 Å². The van der Waals surface area contributed by atoms with Gasteiger partial charge in [0.25, 0.3) is 0 Å². The predicted octanol–water partition coefficient (Wildman–Crippen LogP) is 0.331. The van der Waals surface area contributed by atoms with Crippen molar-refractivity contribution in [2.24, 2.45) is 0 Å². The van der Waals surface area contributed by atoms with E-state index in [0.29, 0.717) is 19.4 Å². The normalized spacial score (nSPS) is 11.5. The zero-order chi connectivity index (χ0) is 11.7.